The monoisotopic (exact) mass is 204 g/mol. The van der Waals surface area contributed by atoms with Gasteiger partial charge in [0.25, 0.3) is 5.91 Å². The number of halogens is 1. The lowest BCUT2D eigenvalue weighted by molar-refractivity contribution is 0.0973. The van der Waals surface area contributed by atoms with E-state index in [4.69, 9.17) is 10.2 Å². The zero-order chi connectivity index (χ0) is 7.56. The molecule has 1 aromatic rings. The molecule has 1 rings (SSSR count). The first-order chi connectivity index (χ1) is 4.75. The van der Waals surface area contributed by atoms with Crippen molar-refractivity contribution in [3.63, 3.8) is 0 Å². The van der Waals surface area contributed by atoms with Crippen LogP contribution in [-0.2, 0) is 5.33 Å². The highest BCUT2D eigenvalue weighted by atomic mass is 79.9. The summed E-state index contributed by atoms with van der Waals surface area (Å²) in [6.07, 6.45) is 1.19. The molecule has 0 aromatic carbocycles. The Hall–Kier alpha value is -0.840. The van der Waals surface area contributed by atoms with Crippen molar-refractivity contribution in [1.82, 2.24) is 4.98 Å². The Kier molecular flexibility index (Phi) is 2.06. The van der Waals surface area contributed by atoms with Crippen LogP contribution < -0.4 is 5.73 Å². The number of hydrogen-bond acceptors (Lipinski definition) is 3. The number of aromatic nitrogens is 1. The number of nitrogens with two attached hydrogens (primary N) is 1. The standard InChI is InChI=1S/C5H5BrN2O2/c6-1-3-4(5(7)9)10-2-8-3/h2H,1H2,(H2,7,9). The van der Waals surface area contributed by atoms with Crippen LogP contribution in [0.1, 0.15) is 16.2 Å². The highest BCUT2D eigenvalue weighted by Gasteiger charge is 2.11. The lowest BCUT2D eigenvalue weighted by Gasteiger charge is -1.88. The summed E-state index contributed by atoms with van der Waals surface area (Å²) in [5.74, 6) is -0.469. The van der Waals surface area contributed by atoms with E-state index < -0.39 is 5.91 Å². The van der Waals surface area contributed by atoms with Gasteiger partial charge >= 0.3 is 0 Å². The molecule has 0 aliphatic rings. The maximum absolute atomic E-state index is 10.5. The second kappa shape index (κ2) is 2.83. The Bertz CT molecular complexity index is 246. The van der Waals surface area contributed by atoms with Crippen LogP contribution in [-0.4, -0.2) is 10.9 Å². The second-order valence-corrected chi connectivity index (χ2v) is 2.19. The molecule has 1 amide bonds. The molecule has 0 spiro atoms. The van der Waals surface area contributed by atoms with Gasteiger partial charge in [-0.15, -0.1) is 0 Å². The highest BCUT2D eigenvalue weighted by molar-refractivity contribution is 9.08. The SMILES string of the molecule is NC(=O)c1ocnc1CBr. The number of carbonyl (C=O) groups excluding carboxylic acids is 1. The van der Waals surface area contributed by atoms with Crippen LogP contribution in [0, 0.1) is 0 Å². The van der Waals surface area contributed by atoms with E-state index in [1.165, 1.54) is 6.39 Å². The maximum Gasteiger partial charge on any atom is 0.286 e. The van der Waals surface area contributed by atoms with Crippen LogP contribution in [0.5, 0.6) is 0 Å². The summed E-state index contributed by atoms with van der Waals surface area (Å²) in [5, 5.41) is 0.474. The number of amides is 1. The molecule has 10 heavy (non-hydrogen) atoms. The van der Waals surface area contributed by atoms with Crippen molar-refractivity contribution in [1.29, 1.82) is 0 Å². The molecule has 4 nitrogen and oxygen atoms in total. The van der Waals surface area contributed by atoms with Crippen molar-refractivity contribution in [3.05, 3.63) is 17.8 Å². The predicted molar refractivity (Wildman–Crippen MR) is 37.7 cm³/mol. The first-order valence-corrected chi connectivity index (χ1v) is 3.66. The zero-order valence-corrected chi connectivity index (χ0v) is 6.59. The van der Waals surface area contributed by atoms with E-state index in [9.17, 15) is 4.79 Å². The van der Waals surface area contributed by atoms with E-state index in [1.54, 1.807) is 0 Å². The number of hydrogen-bond donors (Lipinski definition) is 1. The van der Waals surface area contributed by atoms with Gasteiger partial charge < -0.3 is 10.2 Å². The van der Waals surface area contributed by atoms with Gasteiger partial charge in [-0.05, 0) is 0 Å². The van der Waals surface area contributed by atoms with Gasteiger partial charge in [-0.25, -0.2) is 4.98 Å². The Morgan fingerprint density at radius 1 is 1.90 bits per heavy atom. The molecule has 0 radical (unpaired) electrons. The lowest BCUT2D eigenvalue weighted by Crippen LogP contribution is -2.11. The van der Waals surface area contributed by atoms with Crippen LogP contribution in [0.2, 0.25) is 0 Å². The normalized spacial score (nSPS) is 9.70. The summed E-state index contributed by atoms with van der Waals surface area (Å²) in [6, 6.07) is 0. The molecule has 0 bridgehead atoms. The van der Waals surface area contributed by atoms with Crippen LogP contribution >= 0.6 is 15.9 Å². The first kappa shape index (κ1) is 7.27. The Labute approximate surface area is 65.5 Å². The molecule has 2 N–H and O–H groups in total. The fraction of sp³-hybridized carbons (Fsp3) is 0.200. The molecule has 1 heterocycles. The van der Waals surface area contributed by atoms with Crippen molar-refractivity contribution in [2.75, 3.05) is 0 Å². The summed E-state index contributed by atoms with van der Waals surface area (Å²) in [4.78, 5) is 14.3. The third kappa shape index (κ3) is 1.18. The number of alkyl halides is 1. The van der Waals surface area contributed by atoms with Gasteiger partial charge in [-0.1, -0.05) is 15.9 Å². The van der Waals surface area contributed by atoms with E-state index in [-0.39, 0.29) is 5.76 Å². The van der Waals surface area contributed by atoms with Crippen molar-refractivity contribution < 1.29 is 9.21 Å². The van der Waals surface area contributed by atoms with Gasteiger partial charge in [0.1, 0.15) is 5.69 Å². The molecule has 0 fully saturated rings. The smallest absolute Gasteiger partial charge is 0.286 e. The molecule has 0 aliphatic heterocycles. The zero-order valence-electron chi connectivity index (χ0n) is 5.00. The Morgan fingerprint density at radius 2 is 2.60 bits per heavy atom. The lowest BCUT2D eigenvalue weighted by atomic mass is 10.4. The molecule has 54 valence electrons. The van der Waals surface area contributed by atoms with Crippen molar-refractivity contribution in [2.24, 2.45) is 5.73 Å². The fourth-order valence-electron chi connectivity index (χ4n) is 0.565. The summed E-state index contributed by atoms with van der Waals surface area (Å²) in [6.45, 7) is 0. The van der Waals surface area contributed by atoms with Gasteiger partial charge in [-0.2, -0.15) is 0 Å². The number of primary amides is 1. The van der Waals surface area contributed by atoms with Crippen molar-refractivity contribution >= 4 is 21.8 Å². The second-order valence-electron chi connectivity index (χ2n) is 1.63. The van der Waals surface area contributed by atoms with Gasteiger partial charge in [0.2, 0.25) is 5.76 Å². The van der Waals surface area contributed by atoms with E-state index >= 15 is 0 Å². The van der Waals surface area contributed by atoms with Gasteiger partial charge in [0, 0.05) is 5.33 Å². The minimum Gasteiger partial charge on any atom is -0.438 e. The number of rotatable bonds is 2. The van der Waals surface area contributed by atoms with Gasteiger partial charge in [0.05, 0.1) is 0 Å². The largest absolute Gasteiger partial charge is 0.438 e. The van der Waals surface area contributed by atoms with Crippen LogP contribution in [0.15, 0.2) is 10.8 Å². The fourth-order valence-corrected chi connectivity index (χ4v) is 0.964. The number of nitrogens with zero attached hydrogens (tertiary/aromatic N) is 1. The van der Waals surface area contributed by atoms with E-state index in [2.05, 4.69) is 20.9 Å². The van der Waals surface area contributed by atoms with Crippen molar-refractivity contribution in [3.8, 4) is 0 Å². The summed E-state index contributed by atoms with van der Waals surface area (Å²) < 4.78 is 4.70. The Morgan fingerprint density at radius 3 is 3.00 bits per heavy atom. The summed E-state index contributed by atoms with van der Waals surface area (Å²) in [5.41, 5.74) is 5.48. The van der Waals surface area contributed by atoms with Crippen LogP contribution in [0.25, 0.3) is 0 Å². The quantitative estimate of drug-likeness (QED) is 0.721. The average molecular weight is 205 g/mol. The number of oxazole rings is 1. The summed E-state index contributed by atoms with van der Waals surface area (Å²) in [7, 11) is 0. The molecule has 0 saturated heterocycles. The van der Waals surface area contributed by atoms with Gasteiger partial charge in [-0.3, -0.25) is 4.79 Å². The van der Waals surface area contributed by atoms with E-state index in [0.29, 0.717) is 11.0 Å². The topological polar surface area (TPSA) is 69.1 Å². The summed E-state index contributed by atoms with van der Waals surface area (Å²) >= 11 is 3.13. The molecular formula is C5H5BrN2O2. The van der Waals surface area contributed by atoms with Crippen LogP contribution in [0.4, 0.5) is 0 Å². The first-order valence-electron chi connectivity index (χ1n) is 2.54. The predicted octanol–water partition coefficient (Wildman–Crippen LogP) is 0.668. The Balaban J connectivity index is 3.01. The minimum atomic E-state index is -0.591. The molecule has 5 heteroatoms. The average Bonchev–Trinajstić information content (AvgIpc) is 2.33. The maximum atomic E-state index is 10.5. The third-order valence-electron chi connectivity index (χ3n) is 0.992. The molecule has 0 unspecified atom stereocenters. The molecule has 0 saturated carbocycles. The van der Waals surface area contributed by atoms with Crippen LogP contribution in [0.3, 0.4) is 0 Å². The van der Waals surface area contributed by atoms with E-state index in [1.807, 2.05) is 0 Å². The number of carbonyl (C=O) groups is 1. The molecule has 0 atom stereocenters. The molecular weight excluding hydrogens is 200 g/mol. The van der Waals surface area contributed by atoms with E-state index in [0.717, 1.165) is 0 Å². The van der Waals surface area contributed by atoms with Gasteiger partial charge in [0.15, 0.2) is 6.39 Å². The molecule has 0 aliphatic carbocycles. The molecule has 1 aromatic heterocycles. The third-order valence-corrected chi connectivity index (χ3v) is 1.52. The highest BCUT2D eigenvalue weighted by Crippen LogP contribution is 2.08. The minimum absolute atomic E-state index is 0.122. The van der Waals surface area contributed by atoms with Crippen molar-refractivity contribution in [2.45, 2.75) is 5.33 Å².